The highest BCUT2D eigenvalue weighted by molar-refractivity contribution is 6.14. The minimum Gasteiger partial charge on any atom is -0.328 e. The molecule has 0 spiro atoms. The molecule has 1 aliphatic heterocycles. The van der Waals surface area contributed by atoms with E-state index in [0.29, 0.717) is 0 Å². The Kier molecular flexibility index (Phi) is 4.86. The molecule has 0 saturated heterocycles. The first kappa shape index (κ1) is 18.3. The van der Waals surface area contributed by atoms with Crippen molar-refractivity contribution in [2.75, 3.05) is 0 Å². The largest absolute Gasteiger partial charge is 0.328 e. The molecule has 0 atom stereocenters. The summed E-state index contributed by atoms with van der Waals surface area (Å²) in [4.78, 5) is 9.96. The summed E-state index contributed by atoms with van der Waals surface area (Å²) in [7, 11) is 0. The van der Waals surface area contributed by atoms with Crippen LogP contribution in [0.2, 0.25) is 0 Å². The molecule has 4 aromatic carbocycles. The molecule has 30 heavy (non-hydrogen) atoms. The third-order valence-electron chi connectivity index (χ3n) is 5.51. The molecular weight excluding hydrogens is 366 g/mol. The average molecular weight is 390 g/mol. The number of nitrogens with zero attached hydrogens (tertiary/aromatic N) is 2. The number of amidine groups is 2. The molecule has 0 radical (unpaired) electrons. The molecular formula is C27H23N3. The molecule has 4 aromatic rings. The minimum atomic E-state index is 0.779. The molecule has 5 rings (SSSR count). The van der Waals surface area contributed by atoms with Gasteiger partial charge in [-0.3, -0.25) is 0 Å². The lowest BCUT2D eigenvalue weighted by Gasteiger charge is -2.19. The van der Waals surface area contributed by atoms with Gasteiger partial charge in [0.05, 0.1) is 11.4 Å². The van der Waals surface area contributed by atoms with Gasteiger partial charge in [0.1, 0.15) is 11.7 Å². The van der Waals surface area contributed by atoms with E-state index in [1.807, 2.05) is 0 Å². The van der Waals surface area contributed by atoms with E-state index >= 15 is 0 Å². The highest BCUT2D eigenvalue weighted by Gasteiger charge is 2.15. The molecule has 3 heteroatoms. The summed E-state index contributed by atoms with van der Waals surface area (Å²) in [5.41, 5.74) is 3.18. The Morgan fingerprint density at radius 3 is 1.90 bits per heavy atom. The summed E-state index contributed by atoms with van der Waals surface area (Å²) in [6.45, 7) is 2.17. The van der Waals surface area contributed by atoms with Crippen molar-refractivity contribution in [3.63, 3.8) is 0 Å². The molecule has 146 valence electrons. The number of nitrogens with one attached hydrogen (secondary N) is 1. The van der Waals surface area contributed by atoms with E-state index in [4.69, 9.17) is 9.98 Å². The first-order chi connectivity index (χ1) is 14.8. The zero-order valence-corrected chi connectivity index (χ0v) is 17.0. The maximum absolute atomic E-state index is 5.01. The maximum atomic E-state index is 5.01. The van der Waals surface area contributed by atoms with Crippen LogP contribution in [0.1, 0.15) is 19.8 Å². The molecule has 0 fully saturated rings. The first-order valence-corrected chi connectivity index (χ1v) is 10.4. The Morgan fingerprint density at radius 2 is 1.27 bits per heavy atom. The third-order valence-corrected chi connectivity index (χ3v) is 5.51. The van der Waals surface area contributed by atoms with Gasteiger partial charge in [0.2, 0.25) is 0 Å². The van der Waals surface area contributed by atoms with Crippen LogP contribution in [0.3, 0.4) is 0 Å². The van der Waals surface area contributed by atoms with Gasteiger partial charge in [-0.25, -0.2) is 9.98 Å². The normalized spacial score (nSPS) is 16.8. The number of benzene rings is 4. The summed E-state index contributed by atoms with van der Waals surface area (Å²) in [6, 6.07) is 29.2. The van der Waals surface area contributed by atoms with E-state index in [0.717, 1.165) is 46.7 Å². The number of rotatable bonds is 3. The molecule has 0 saturated carbocycles. The lowest BCUT2D eigenvalue weighted by molar-refractivity contribution is 1.08. The van der Waals surface area contributed by atoms with Crippen LogP contribution < -0.4 is 5.32 Å². The second-order valence-corrected chi connectivity index (χ2v) is 7.43. The average Bonchev–Trinajstić information content (AvgIpc) is 2.80. The van der Waals surface area contributed by atoms with Gasteiger partial charge in [-0.2, -0.15) is 0 Å². The molecule has 3 nitrogen and oxygen atoms in total. The predicted molar refractivity (Wildman–Crippen MR) is 128 cm³/mol. The minimum absolute atomic E-state index is 0.779. The quantitative estimate of drug-likeness (QED) is 0.399. The fraction of sp³-hybridized carbons (Fsp3) is 0.111. The van der Waals surface area contributed by atoms with Gasteiger partial charge in [-0.1, -0.05) is 85.8 Å². The third kappa shape index (κ3) is 3.50. The molecule has 1 N–H and O–H groups in total. The fourth-order valence-electron chi connectivity index (χ4n) is 3.95. The van der Waals surface area contributed by atoms with Gasteiger partial charge in [-0.05, 0) is 34.9 Å². The summed E-state index contributed by atoms with van der Waals surface area (Å²) in [5, 5.41) is 8.22. The standard InChI is InChI=1S/C27H23N3/c1-2-19-17-18-26(28-24-15-7-11-20-9-3-5-13-22(20)24)30-27(19)29-25-16-8-12-21-10-4-6-14-23(21)25/h3-17H,2,18H2,1H3,(H,28,29,30). The highest BCUT2D eigenvalue weighted by Crippen LogP contribution is 2.28. The van der Waals surface area contributed by atoms with Gasteiger partial charge >= 0.3 is 0 Å². The molecule has 0 bridgehead atoms. The van der Waals surface area contributed by atoms with Crippen LogP contribution in [-0.4, -0.2) is 11.7 Å². The predicted octanol–water partition coefficient (Wildman–Crippen LogP) is 7.08. The van der Waals surface area contributed by atoms with Crippen LogP contribution in [0, 0.1) is 0 Å². The van der Waals surface area contributed by atoms with E-state index in [1.165, 1.54) is 16.3 Å². The zero-order valence-electron chi connectivity index (χ0n) is 17.0. The Morgan fingerprint density at radius 1 is 0.700 bits per heavy atom. The van der Waals surface area contributed by atoms with Gasteiger partial charge < -0.3 is 5.32 Å². The molecule has 1 aliphatic rings. The van der Waals surface area contributed by atoms with Crippen LogP contribution in [-0.2, 0) is 0 Å². The smallest absolute Gasteiger partial charge is 0.134 e. The van der Waals surface area contributed by atoms with Gasteiger partial charge in [0, 0.05) is 17.2 Å². The Balaban J connectivity index is 1.56. The van der Waals surface area contributed by atoms with Crippen LogP contribution in [0.25, 0.3) is 21.5 Å². The second kappa shape index (κ2) is 7.96. The topological polar surface area (TPSA) is 36.8 Å². The van der Waals surface area contributed by atoms with E-state index in [2.05, 4.69) is 103 Å². The van der Waals surface area contributed by atoms with Crippen LogP contribution in [0.15, 0.2) is 107 Å². The number of hydrogen-bond acceptors (Lipinski definition) is 2. The number of aliphatic imine (C=N–C) groups is 2. The SMILES string of the molecule is CCC1=CCC(=Nc2cccc3ccccc23)NC1=Nc1cccc2ccccc12. The van der Waals surface area contributed by atoms with Crippen LogP contribution >= 0.6 is 0 Å². The highest BCUT2D eigenvalue weighted by atomic mass is 15.1. The van der Waals surface area contributed by atoms with Crippen molar-refractivity contribution >= 4 is 44.6 Å². The van der Waals surface area contributed by atoms with Crippen LogP contribution in [0.5, 0.6) is 0 Å². The van der Waals surface area contributed by atoms with E-state index in [9.17, 15) is 0 Å². The van der Waals surface area contributed by atoms with Crippen molar-refractivity contribution in [1.82, 2.24) is 5.32 Å². The van der Waals surface area contributed by atoms with E-state index in [1.54, 1.807) is 0 Å². The molecule has 0 aromatic heterocycles. The van der Waals surface area contributed by atoms with Gasteiger partial charge in [-0.15, -0.1) is 0 Å². The van der Waals surface area contributed by atoms with Crippen molar-refractivity contribution in [3.05, 3.63) is 96.6 Å². The lowest BCUT2D eigenvalue weighted by atomic mass is 10.1. The number of fused-ring (bicyclic) bond motifs is 2. The molecule has 0 unspecified atom stereocenters. The fourth-order valence-corrected chi connectivity index (χ4v) is 3.95. The van der Waals surface area contributed by atoms with Gasteiger partial charge in [0.15, 0.2) is 0 Å². The van der Waals surface area contributed by atoms with Crippen LogP contribution in [0.4, 0.5) is 11.4 Å². The van der Waals surface area contributed by atoms with Crippen molar-refractivity contribution in [3.8, 4) is 0 Å². The van der Waals surface area contributed by atoms with E-state index < -0.39 is 0 Å². The molecule has 0 aliphatic carbocycles. The van der Waals surface area contributed by atoms with Crippen molar-refractivity contribution in [2.24, 2.45) is 9.98 Å². The molecule has 1 heterocycles. The monoisotopic (exact) mass is 389 g/mol. The Bertz CT molecular complexity index is 1320. The Labute approximate surface area is 176 Å². The summed E-state index contributed by atoms with van der Waals surface area (Å²) in [5.74, 6) is 1.81. The maximum Gasteiger partial charge on any atom is 0.134 e. The number of hydrogen-bond donors (Lipinski definition) is 1. The van der Waals surface area contributed by atoms with Crippen molar-refractivity contribution < 1.29 is 0 Å². The Hall–Kier alpha value is -3.72. The van der Waals surface area contributed by atoms with Crippen molar-refractivity contribution in [1.29, 1.82) is 0 Å². The zero-order chi connectivity index (χ0) is 20.3. The van der Waals surface area contributed by atoms with Crippen molar-refractivity contribution in [2.45, 2.75) is 19.8 Å². The second-order valence-electron chi connectivity index (χ2n) is 7.43. The summed E-state index contributed by atoms with van der Waals surface area (Å²) < 4.78 is 0. The summed E-state index contributed by atoms with van der Waals surface area (Å²) >= 11 is 0. The molecule has 0 amide bonds. The summed E-state index contributed by atoms with van der Waals surface area (Å²) in [6.07, 6.45) is 3.95. The first-order valence-electron chi connectivity index (χ1n) is 10.4. The lowest BCUT2D eigenvalue weighted by Crippen LogP contribution is -2.34. The van der Waals surface area contributed by atoms with E-state index in [-0.39, 0.29) is 0 Å². The van der Waals surface area contributed by atoms with Gasteiger partial charge in [0.25, 0.3) is 0 Å².